The Hall–Kier alpha value is -1.18. The van der Waals surface area contributed by atoms with Gasteiger partial charge in [0, 0.05) is 4.88 Å². The van der Waals surface area contributed by atoms with E-state index in [1.165, 1.54) is 11.2 Å². The van der Waals surface area contributed by atoms with Crippen molar-refractivity contribution in [3.8, 4) is 0 Å². The number of halogens is 1. The second-order valence-electron chi connectivity index (χ2n) is 2.96. The molecule has 0 aliphatic rings. The van der Waals surface area contributed by atoms with Gasteiger partial charge in [0.1, 0.15) is 16.6 Å². The van der Waals surface area contributed by atoms with Crippen molar-refractivity contribution >= 4 is 38.9 Å². The van der Waals surface area contributed by atoms with E-state index in [1.807, 2.05) is 11.4 Å². The first-order valence-electron chi connectivity index (χ1n) is 4.54. The number of thiophene rings is 1. The van der Waals surface area contributed by atoms with Gasteiger partial charge in [0.25, 0.3) is 0 Å². The van der Waals surface area contributed by atoms with Crippen molar-refractivity contribution in [2.24, 2.45) is 5.84 Å². The lowest BCUT2D eigenvalue weighted by molar-refractivity contribution is 1.08. The van der Waals surface area contributed by atoms with Crippen LogP contribution in [0.2, 0.25) is 0 Å². The van der Waals surface area contributed by atoms with Crippen molar-refractivity contribution in [2.75, 3.05) is 10.7 Å². The molecule has 84 valence electrons. The molecule has 7 heteroatoms. The molecule has 16 heavy (non-hydrogen) atoms. The summed E-state index contributed by atoms with van der Waals surface area (Å²) >= 11 is 5.08. The number of nitrogens with zero attached hydrogens (tertiary/aromatic N) is 2. The molecule has 0 aliphatic heterocycles. The Kier molecular flexibility index (Phi) is 3.70. The average Bonchev–Trinajstić information content (AvgIpc) is 2.81. The van der Waals surface area contributed by atoms with Gasteiger partial charge in [0.2, 0.25) is 0 Å². The Morgan fingerprint density at radius 3 is 2.88 bits per heavy atom. The molecule has 0 aromatic carbocycles. The van der Waals surface area contributed by atoms with E-state index in [0.717, 1.165) is 16.8 Å². The summed E-state index contributed by atoms with van der Waals surface area (Å²) in [4.78, 5) is 9.34. The van der Waals surface area contributed by atoms with E-state index >= 15 is 0 Å². The number of hydrogen-bond donors (Lipinski definition) is 3. The topological polar surface area (TPSA) is 75.9 Å². The normalized spacial score (nSPS) is 10.1. The maximum atomic E-state index is 5.31. The van der Waals surface area contributed by atoms with Gasteiger partial charge in [0.15, 0.2) is 5.82 Å². The van der Waals surface area contributed by atoms with Crippen molar-refractivity contribution in [1.82, 2.24) is 9.97 Å². The van der Waals surface area contributed by atoms with Crippen LogP contribution in [0, 0.1) is 0 Å². The maximum Gasteiger partial charge on any atom is 0.159 e. The van der Waals surface area contributed by atoms with Gasteiger partial charge in [-0.3, -0.25) is 0 Å². The molecule has 0 saturated carbocycles. The Labute approximate surface area is 105 Å². The number of nitrogens with one attached hydrogen (secondary N) is 2. The largest absolute Gasteiger partial charge is 0.364 e. The standard InChI is InChI=1S/C9H10BrN5S/c10-7-8(13-5-14-9(7)15-11)12-4-6-2-1-3-16-6/h1-3,5H,4,11H2,(H2,12,13,14,15). The highest BCUT2D eigenvalue weighted by Crippen LogP contribution is 2.26. The van der Waals surface area contributed by atoms with Crippen LogP contribution in [0.4, 0.5) is 11.6 Å². The molecule has 0 unspecified atom stereocenters. The first-order valence-corrected chi connectivity index (χ1v) is 6.22. The van der Waals surface area contributed by atoms with E-state index in [9.17, 15) is 0 Å². The van der Waals surface area contributed by atoms with E-state index in [1.54, 1.807) is 11.3 Å². The monoisotopic (exact) mass is 299 g/mol. The minimum atomic E-state index is 0.559. The van der Waals surface area contributed by atoms with Crippen LogP contribution in [-0.2, 0) is 6.54 Å². The minimum absolute atomic E-state index is 0.559. The van der Waals surface area contributed by atoms with Gasteiger partial charge in [-0.1, -0.05) is 6.07 Å². The summed E-state index contributed by atoms with van der Waals surface area (Å²) < 4.78 is 0.731. The third kappa shape index (κ3) is 2.49. The molecule has 0 fully saturated rings. The molecule has 0 spiro atoms. The number of hydrogen-bond acceptors (Lipinski definition) is 6. The molecule has 0 saturated heterocycles. The van der Waals surface area contributed by atoms with Crippen LogP contribution in [0.1, 0.15) is 4.88 Å². The average molecular weight is 300 g/mol. The lowest BCUT2D eigenvalue weighted by Crippen LogP contribution is -2.11. The first-order chi connectivity index (χ1) is 7.81. The third-order valence-electron chi connectivity index (χ3n) is 1.94. The summed E-state index contributed by atoms with van der Waals surface area (Å²) in [5.41, 5.74) is 2.49. The third-order valence-corrected chi connectivity index (χ3v) is 3.56. The van der Waals surface area contributed by atoms with E-state index in [-0.39, 0.29) is 0 Å². The molecule has 2 heterocycles. The van der Waals surface area contributed by atoms with E-state index in [2.05, 4.69) is 42.7 Å². The van der Waals surface area contributed by atoms with E-state index in [0.29, 0.717) is 5.82 Å². The Bertz CT molecular complexity index is 459. The number of nitrogens with two attached hydrogens (primary N) is 1. The van der Waals surface area contributed by atoms with Crippen molar-refractivity contribution < 1.29 is 0 Å². The molecule has 2 aromatic heterocycles. The molecule has 0 radical (unpaired) electrons. The lowest BCUT2D eigenvalue weighted by atomic mass is 10.4. The summed E-state index contributed by atoms with van der Waals surface area (Å²) in [5.74, 6) is 6.59. The fourth-order valence-electron chi connectivity index (χ4n) is 1.18. The summed E-state index contributed by atoms with van der Waals surface area (Å²) in [7, 11) is 0. The fraction of sp³-hybridized carbons (Fsp3) is 0.111. The summed E-state index contributed by atoms with van der Waals surface area (Å²) in [5, 5.41) is 5.25. The highest BCUT2D eigenvalue weighted by atomic mass is 79.9. The SMILES string of the molecule is NNc1ncnc(NCc2cccs2)c1Br. The summed E-state index contributed by atoms with van der Waals surface area (Å²) in [6.45, 7) is 0.733. The number of anilines is 2. The van der Waals surface area contributed by atoms with E-state index < -0.39 is 0 Å². The van der Waals surface area contributed by atoms with Gasteiger partial charge in [-0.15, -0.1) is 11.3 Å². The van der Waals surface area contributed by atoms with Gasteiger partial charge in [-0.25, -0.2) is 15.8 Å². The molecule has 4 N–H and O–H groups in total. The quantitative estimate of drug-likeness (QED) is 0.596. The summed E-state index contributed by atoms with van der Waals surface area (Å²) in [6, 6.07) is 4.08. The number of aromatic nitrogens is 2. The van der Waals surface area contributed by atoms with Crippen LogP contribution in [-0.4, -0.2) is 9.97 Å². The molecule has 2 rings (SSSR count). The molecular formula is C9H10BrN5S. The molecule has 2 aromatic rings. The predicted octanol–water partition coefficient (Wildman–Crippen LogP) is 2.20. The van der Waals surface area contributed by atoms with Crippen LogP contribution in [0.15, 0.2) is 28.3 Å². The second-order valence-corrected chi connectivity index (χ2v) is 4.79. The Morgan fingerprint density at radius 1 is 1.38 bits per heavy atom. The highest BCUT2D eigenvalue weighted by molar-refractivity contribution is 9.10. The lowest BCUT2D eigenvalue weighted by Gasteiger charge is -2.08. The first kappa shape index (κ1) is 11.3. The summed E-state index contributed by atoms with van der Waals surface area (Å²) in [6.07, 6.45) is 1.46. The van der Waals surface area contributed by atoms with Crippen molar-refractivity contribution in [3.63, 3.8) is 0 Å². The van der Waals surface area contributed by atoms with Gasteiger partial charge in [-0.05, 0) is 27.4 Å². The zero-order valence-corrected chi connectivity index (χ0v) is 10.7. The number of hydrazine groups is 1. The van der Waals surface area contributed by atoms with Gasteiger partial charge >= 0.3 is 0 Å². The van der Waals surface area contributed by atoms with Crippen LogP contribution in [0.5, 0.6) is 0 Å². The van der Waals surface area contributed by atoms with Crippen LogP contribution in [0.3, 0.4) is 0 Å². The molecule has 5 nitrogen and oxygen atoms in total. The Balaban J connectivity index is 2.09. The van der Waals surface area contributed by atoms with Crippen LogP contribution < -0.4 is 16.6 Å². The fourth-order valence-corrected chi connectivity index (χ4v) is 2.28. The molecule has 0 bridgehead atoms. The zero-order valence-electron chi connectivity index (χ0n) is 8.27. The minimum Gasteiger partial charge on any atom is -0.364 e. The highest BCUT2D eigenvalue weighted by Gasteiger charge is 2.06. The van der Waals surface area contributed by atoms with Crippen molar-refractivity contribution in [2.45, 2.75) is 6.54 Å². The molecule has 0 aliphatic carbocycles. The zero-order chi connectivity index (χ0) is 11.4. The van der Waals surface area contributed by atoms with Crippen molar-refractivity contribution in [1.29, 1.82) is 0 Å². The van der Waals surface area contributed by atoms with Crippen LogP contribution in [0.25, 0.3) is 0 Å². The van der Waals surface area contributed by atoms with Gasteiger partial charge in [-0.2, -0.15) is 0 Å². The van der Waals surface area contributed by atoms with Gasteiger partial charge < -0.3 is 10.7 Å². The second kappa shape index (κ2) is 5.24. The van der Waals surface area contributed by atoms with Gasteiger partial charge in [0.05, 0.1) is 6.54 Å². The van der Waals surface area contributed by atoms with Crippen molar-refractivity contribution in [3.05, 3.63) is 33.2 Å². The smallest absolute Gasteiger partial charge is 0.159 e. The molecule has 0 atom stereocenters. The number of nitrogen functional groups attached to an aromatic ring is 1. The van der Waals surface area contributed by atoms with Crippen LogP contribution >= 0.6 is 27.3 Å². The molecular weight excluding hydrogens is 290 g/mol. The maximum absolute atomic E-state index is 5.31. The predicted molar refractivity (Wildman–Crippen MR) is 69.2 cm³/mol. The molecule has 0 amide bonds. The van der Waals surface area contributed by atoms with E-state index in [4.69, 9.17) is 5.84 Å². The Morgan fingerprint density at radius 2 is 2.19 bits per heavy atom. The number of rotatable bonds is 4.